The largest absolute Gasteiger partial charge is 0.489 e. The van der Waals surface area contributed by atoms with Gasteiger partial charge >= 0.3 is 6.03 Å². The van der Waals surface area contributed by atoms with E-state index in [9.17, 15) is 9.59 Å². The maximum Gasteiger partial charge on any atom is 0.315 e. The maximum atomic E-state index is 11.9. The normalized spacial score (nSPS) is 10.3. The Hall–Kier alpha value is -3.02. The summed E-state index contributed by atoms with van der Waals surface area (Å²) in [6.07, 6.45) is 0. The quantitative estimate of drug-likeness (QED) is 0.681. The lowest BCUT2D eigenvalue weighted by Gasteiger charge is -2.13. The highest BCUT2D eigenvalue weighted by Gasteiger charge is 2.08. The molecule has 0 heterocycles. The summed E-state index contributed by atoms with van der Waals surface area (Å²) in [5.74, 6) is 0.580. The van der Waals surface area contributed by atoms with Gasteiger partial charge in [0.15, 0.2) is 0 Å². The topological polar surface area (TPSA) is 79.5 Å². The van der Waals surface area contributed by atoms with E-state index in [1.54, 1.807) is 0 Å². The lowest BCUT2D eigenvalue weighted by atomic mass is 10.1. The minimum absolute atomic E-state index is 0.0452. The van der Waals surface area contributed by atoms with Crippen LogP contribution in [0.3, 0.4) is 0 Å². The second kappa shape index (κ2) is 10.1. The predicted molar refractivity (Wildman–Crippen MR) is 101 cm³/mol. The number of carbonyl (C=O) groups is 2. The van der Waals surface area contributed by atoms with Crippen LogP contribution in [0.25, 0.3) is 0 Å². The van der Waals surface area contributed by atoms with Gasteiger partial charge in [0.25, 0.3) is 0 Å². The molecule has 0 saturated heterocycles. The van der Waals surface area contributed by atoms with Gasteiger partial charge < -0.3 is 20.7 Å². The lowest BCUT2D eigenvalue weighted by Crippen LogP contribution is -2.43. The second-order valence-electron chi connectivity index (χ2n) is 6.13. The van der Waals surface area contributed by atoms with Crippen molar-refractivity contribution < 1.29 is 14.3 Å². The van der Waals surface area contributed by atoms with Crippen molar-refractivity contribution in [2.45, 2.75) is 33.0 Å². The third kappa shape index (κ3) is 6.84. The summed E-state index contributed by atoms with van der Waals surface area (Å²) in [6.45, 7) is 4.45. The zero-order valence-electron chi connectivity index (χ0n) is 15.1. The second-order valence-corrected chi connectivity index (χ2v) is 6.13. The first-order valence-electron chi connectivity index (χ1n) is 8.60. The van der Waals surface area contributed by atoms with Gasteiger partial charge in [0.2, 0.25) is 5.91 Å². The summed E-state index contributed by atoms with van der Waals surface area (Å²) in [5.41, 5.74) is 1.96. The van der Waals surface area contributed by atoms with Crippen molar-refractivity contribution in [2.24, 2.45) is 0 Å². The molecule has 3 N–H and O–H groups in total. The molecule has 0 spiro atoms. The van der Waals surface area contributed by atoms with E-state index in [-0.39, 0.29) is 24.5 Å². The van der Waals surface area contributed by atoms with Gasteiger partial charge in [-0.05, 0) is 37.1 Å². The number of rotatable bonds is 8. The Kier molecular flexibility index (Phi) is 7.49. The molecule has 0 bridgehead atoms. The Morgan fingerprint density at radius 2 is 1.58 bits per heavy atom. The number of nitrogens with one attached hydrogen (secondary N) is 3. The average molecular weight is 355 g/mol. The number of hydrogen-bond donors (Lipinski definition) is 3. The first kappa shape index (κ1) is 19.3. The molecule has 0 unspecified atom stereocenters. The third-order valence-corrected chi connectivity index (χ3v) is 3.55. The summed E-state index contributed by atoms with van der Waals surface area (Å²) >= 11 is 0. The molecule has 2 aromatic carbocycles. The van der Waals surface area contributed by atoms with Crippen molar-refractivity contribution in [3.05, 3.63) is 65.7 Å². The van der Waals surface area contributed by atoms with Crippen molar-refractivity contribution in [2.75, 3.05) is 6.54 Å². The van der Waals surface area contributed by atoms with Crippen molar-refractivity contribution in [3.8, 4) is 5.75 Å². The molecule has 0 radical (unpaired) electrons. The van der Waals surface area contributed by atoms with Gasteiger partial charge in [0.1, 0.15) is 12.4 Å². The van der Waals surface area contributed by atoms with Crippen LogP contribution in [0.2, 0.25) is 0 Å². The Morgan fingerprint density at radius 3 is 2.27 bits per heavy atom. The molecule has 2 rings (SSSR count). The van der Waals surface area contributed by atoms with E-state index in [2.05, 4.69) is 16.0 Å². The van der Waals surface area contributed by atoms with E-state index in [4.69, 9.17) is 4.74 Å². The number of amides is 3. The van der Waals surface area contributed by atoms with E-state index in [0.717, 1.165) is 16.9 Å². The summed E-state index contributed by atoms with van der Waals surface area (Å²) in [7, 11) is 0. The highest BCUT2D eigenvalue weighted by atomic mass is 16.5. The van der Waals surface area contributed by atoms with Crippen molar-refractivity contribution in [3.63, 3.8) is 0 Å². The van der Waals surface area contributed by atoms with Gasteiger partial charge in [-0.25, -0.2) is 4.79 Å². The highest BCUT2D eigenvalue weighted by molar-refractivity contribution is 5.83. The smallest absolute Gasteiger partial charge is 0.315 e. The molecule has 0 saturated carbocycles. The summed E-state index contributed by atoms with van der Waals surface area (Å²) in [6, 6.07) is 17.0. The Balaban J connectivity index is 1.82. The monoisotopic (exact) mass is 355 g/mol. The van der Waals surface area contributed by atoms with Gasteiger partial charge in [-0.15, -0.1) is 0 Å². The fraction of sp³-hybridized carbons (Fsp3) is 0.300. The van der Waals surface area contributed by atoms with Crippen LogP contribution in [0.5, 0.6) is 5.75 Å². The minimum atomic E-state index is -0.386. The molecule has 0 atom stereocenters. The van der Waals surface area contributed by atoms with Crippen molar-refractivity contribution in [1.29, 1.82) is 0 Å². The molecule has 0 aromatic heterocycles. The summed E-state index contributed by atoms with van der Waals surface area (Å²) < 4.78 is 5.77. The average Bonchev–Trinajstić information content (AvgIpc) is 2.64. The summed E-state index contributed by atoms with van der Waals surface area (Å²) in [4.78, 5) is 23.4. The number of para-hydroxylation sites is 1. The molecule has 0 fully saturated rings. The summed E-state index contributed by atoms with van der Waals surface area (Å²) in [5, 5.41) is 8.02. The third-order valence-electron chi connectivity index (χ3n) is 3.55. The highest BCUT2D eigenvalue weighted by Crippen LogP contribution is 2.14. The van der Waals surface area contributed by atoms with Crippen molar-refractivity contribution in [1.82, 2.24) is 16.0 Å². The standard InChI is InChI=1S/C20H25N3O3/c1-15(2)23-19(24)13-22-20(25)21-12-16-8-6-7-9-17(16)14-26-18-10-4-3-5-11-18/h3-11,15H,12-14H2,1-2H3,(H,23,24)(H2,21,22,25). The molecule has 2 aromatic rings. The zero-order valence-corrected chi connectivity index (χ0v) is 15.1. The van der Waals surface area contributed by atoms with E-state index in [1.807, 2.05) is 68.4 Å². The molecule has 6 nitrogen and oxygen atoms in total. The van der Waals surface area contributed by atoms with Gasteiger partial charge in [-0.1, -0.05) is 42.5 Å². The maximum absolute atomic E-state index is 11.9. The van der Waals surface area contributed by atoms with E-state index >= 15 is 0 Å². The van der Waals surface area contributed by atoms with Gasteiger partial charge in [0.05, 0.1) is 6.54 Å². The fourth-order valence-electron chi connectivity index (χ4n) is 2.32. The van der Waals surface area contributed by atoms with Crippen LogP contribution in [-0.4, -0.2) is 24.5 Å². The van der Waals surface area contributed by atoms with E-state index < -0.39 is 0 Å². The van der Waals surface area contributed by atoms with Crippen LogP contribution < -0.4 is 20.7 Å². The predicted octanol–water partition coefficient (Wildman–Crippen LogP) is 2.59. The number of ether oxygens (including phenoxy) is 1. The van der Waals surface area contributed by atoms with Crippen LogP contribution in [-0.2, 0) is 17.9 Å². The number of benzene rings is 2. The van der Waals surface area contributed by atoms with Crippen LogP contribution in [0, 0.1) is 0 Å². The zero-order chi connectivity index (χ0) is 18.8. The number of hydrogen-bond acceptors (Lipinski definition) is 3. The fourth-order valence-corrected chi connectivity index (χ4v) is 2.32. The van der Waals surface area contributed by atoms with Crippen LogP contribution in [0.1, 0.15) is 25.0 Å². The first-order valence-corrected chi connectivity index (χ1v) is 8.60. The molecular weight excluding hydrogens is 330 g/mol. The Labute approximate surface area is 153 Å². The lowest BCUT2D eigenvalue weighted by molar-refractivity contribution is -0.120. The number of urea groups is 1. The molecule has 138 valence electrons. The SMILES string of the molecule is CC(C)NC(=O)CNC(=O)NCc1ccccc1COc1ccccc1. The van der Waals surface area contributed by atoms with Gasteiger partial charge in [0, 0.05) is 12.6 Å². The first-order chi connectivity index (χ1) is 12.5. The molecular formula is C20H25N3O3. The van der Waals surface area contributed by atoms with Crippen LogP contribution >= 0.6 is 0 Å². The van der Waals surface area contributed by atoms with Gasteiger partial charge in [-0.3, -0.25) is 4.79 Å². The molecule has 3 amide bonds. The number of carbonyl (C=O) groups excluding carboxylic acids is 2. The van der Waals surface area contributed by atoms with Crippen LogP contribution in [0.4, 0.5) is 4.79 Å². The minimum Gasteiger partial charge on any atom is -0.489 e. The molecule has 0 aliphatic heterocycles. The molecule has 26 heavy (non-hydrogen) atoms. The molecule has 0 aliphatic rings. The molecule has 6 heteroatoms. The van der Waals surface area contributed by atoms with Crippen LogP contribution in [0.15, 0.2) is 54.6 Å². The van der Waals surface area contributed by atoms with E-state index in [0.29, 0.717) is 13.2 Å². The molecule has 0 aliphatic carbocycles. The Bertz CT molecular complexity index is 717. The van der Waals surface area contributed by atoms with Gasteiger partial charge in [-0.2, -0.15) is 0 Å². The van der Waals surface area contributed by atoms with E-state index in [1.165, 1.54) is 0 Å². The Morgan fingerprint density at radius 1 is 0.923 bits per heavy atom. The van der Waals surface area contributed by atoms with Crippen molar-refractivity contribution >= 4 is 11.9 Å².